The first-order valence-corrected chi connectivity index (χ1v) is 6.35. The first kappa shape index (κ1) is 15.7. The Morgan fingerprint density at radius 2 is 1.60 bits per heavy atom. The summed E-state index contributed by atoms with van der Waals surface area (Å²) >= 11 is 5.84. The summed E-state index contributed by atoms with van der Waals surface area (Å²) in [4.78, 5) is 25.8. The Morgan fingerprint density at radius 3 is 2.05 bits per heavy atom. The summed E-state index contributed by atoms with van der Waals surface area (Å²) < 4.78 is 0. The lowest BCUT2D eigenvalue weighted by Gasteiger charge is -2.16. The van der Waals surface area contributed by atoms with Crippen molar-refractivity contribution in [2.24, 2.45) is 0 Å². The number of rotatable bonds is 4. The third-order valence-corrected chi connectivity index (χ3v) is 3.25. The highest BCUT2D eigenvalue weighted by Gasteiger charge is 2.33. The molecule has 0 N–H and O–H groups in total. The van der Waals surface area contributed by atoms with Crippen LogP contribution in [0.1, 0.15) is 13.8 Å². The topological polar surface area (TPSA) is 85.0 Å². The van der Waals surface area contributed by atoms with Crippen LogP contribution in [-0.2, 0) is 9.59 Å². The number of halogens is 1. The highest BCUT2D eigenvalue weighted by atomic mass is 35.5. The molecule has 6 heteroatoms. The van der Waals surface area contributed by atoms with Crippen LogP contribution in [-0.4, -0.2) is 29.6 Å². The van der Waals surface area contributed by atoms with Crippen LogP contribution in [0.4, 0.5) is 0 Å². The molecule has 0 heterocycles. The number of hydrogen-bond acceptors (Lipinski definition) is 5. The average molecular weight is 290 g/mol. The highest BCUT2D eigenvalue weighted by Crippen LogP contribution is 2.27. The van der Waals surface area contributed by atoms with Gasteiger partial charge >= 0.3 is 0 Å². The van der Waals surface area contributed by atoms with Crippen LogP contribution in [0.15, 0.2) is 34.0 Å². The predicted molar refractivity (Wildman–Crippen MR) is 73.2 cm³/mol. The lowest BCUT2D eigenvalue weighted by molar-refractivity contribution is -0.115. The van der Waals surface area contributed by atoms with Gasteiger partial charge in [-0.05, 0) is 26.1 Å². The van der Waals surface area contributed by atoms with E-state index in [1.54, 1.807) is 18.3 Å². The second-order valence-corrected chi connectivity index (χ2v) is 4.27. The lowest BCUT2D eigenvalue weighted by Crippen LogP contribution is -2.21. The summed E-state index contributed by atoms with van der Waals surface area (Å²) in [6.07, 6.45) is 3.04. The van der Waals surface area contributed by atoms with Gasteiger partial charge in [-0.2, -0.15) is 10.5 Å². The van der Waals surface area contributed by atoms with Gasteiger partial charge in [0, 0.05) is 18.7 Å². The molecule has 0 atom stereocenters. The van der Waals surface area contributed by atoms with Crippen LogP contribution in [0.5, 0.6) is 0 Å². The van der Waals surface area contributed by atoms with Gasteiger partial charge in [-0.3, -0.25) is 9.59 Å². The zero-order valence-corrected chi connectivity index (χ0v) is 11.9. The molecule has 0 saturated heterocycles. The second-order valence-electron chi connectivity index (χ2n) is 3.90. The Hall–Kier alpha value is -2.37. The number of hydrogen-bond donors (Lipinski definition) is 0. The fourth-order valence-corrected chi connectivity index (χ4v) is 1.91. The Balaban J connectivity index is 3.27. The molecule has 1 rings (SSSR count). The van der Waals surface area contributed by atoms with Crippen molar-refractivity contribution in [2.45, 2.75) is 13.8 Å². The standard InChI is InChI=1S/C14H12ClN3O2/c1-3-18(4-2)6-5-9-12(15)14(20)11(8-17)10(7-16)13(9)19/h5-6H,3-4H2,1-2H3/b6-5+. The molecule has 0 saturated carbocycles. The van der Waals surface area contributed by atoms with Crippen LogP contribution in [0.25, 0.3) is 0 Å². The summed E-state index contributed by atoms with van der Waals surface area (Å²) in [5.41, 5.74) is -1.01. The Bertz CT molecular complexity index is 626. The first-order chi connectivity index (χ1) is 9.51. The molecular formula is C14H12ClN3O2. The van der Waals surface area contributed by atoms with Gasteiger partial charge in [-0.1, -0.05) is 11.6 Å². The minimum Gasteiger partial charge on any atom is -0.378 e. The van der Waals surface area contributed by atoms with E-state index in [4.69, 9.17) is 22.1 Å². The number of nitriles is 2. The Kier molecular flexibility index (Phi) is 5.25. The molecule has 0 amide bonds. The Morgan fingerprint density at radius 1 is 1.10 bits per heavy atom. The van der Waals surface area contributed by atoms with Crippen molar-refractivity contribution in [3.63, 3.8) is 0 Å². The molecule has 0 aromatic rings. The van der Waals surface area contributed by atoms with E-state index in [0.717, 1.165) is 13.1 Å². The van der Waals surface area contributed by atoms with E-state index in [9.17, 15) is 9.59 Å². The molecule has 1 aliphatic rings. The molecule has 102 valence electrons. The fraction of sp³-hybridized carbons (Fsp3) is 0.286. The van der Waals surface area contributed by atoms with Crippen LogP contribution in [0, 0.1) is 22.7 Å². The minimum atomic E-state index is -0.787. The van der Waals surface area contributed by atoms with Gasteiger partial charge in [0.05, 0.1) is 0 Å². The summed E-state index contributed by atoms with van der Waals surface area (Å²) in [6.45, 7) is 5.33. The lowest BCUT2D eigenvalue weighted by atomic mass is 9.90. The third kappa shape index (κ3) is 2.79. The minimum absolute atomic E-state index is 0.0564. The summed E-state index contributed by atoms with van der Waals surface area (Å²) in [5, 5.41) is 17.4. The molecular weight excluding hydrogens is 278 g/mol. The maximum Gasteiger partial charge on any atom is 0.217 e. The third-order valence-electron chi connectivity index (χ3n) is 2.87. The van der Waals surface area contributed by atoms with E-state index in [1.165, 1.54) is 6.08 Å². The van der Waals surface area contributed by atoms with E-state index in [0.29, 0.717) is 0 Å². The van der Waals surface area contributed by atoms with Gasteiger partial charge < -0.3 is 4.90 Å². The average Bonchev–Trinajstić information content (AvgIpc) is 2.46. The zero-order chi connectivity index (χ0) is 15.3. The van der Waals surface area contributed by atoms with Gasteiger partial charge in [-0.25, -0.2) is 0 Å². The number of nitrogens with zero attached hydrogens (tertiary/aromatic N) is 3. The number of carbonyl (C=O) groups excluding carboxylic acids is 2. The van der Waals surface area contributed by atoms with E-state index in [2.05, 4.69) is 0 Å². The molecule has 0 aliphatic heterocycles. The largest absolute Gasteiger partial charge is 0.378 e. The van der Waals surface area contributed by atoms with Crippen molar-refractivity contribution in [3.05, 3.63) is 34.0 Å². The fourth-order valence-electron chi connectivity index (χ4n) is 1.67. The van der Waals surface area contributed by atoms with Gasteiger partial charge in [0.15, 0.2) is 0 Å². The molecule has 0 bridgehead atoms. The number of carbonyl (C=O) groups is 2. The number of ketones is 2. The van der Waals surface area contributed by atoms with Gasteiger partial charge in [0.1, 0.15) is 28.3 Å². The van der Waals surface area contributed by atoms with Crippen molar-refractivity contribution in [1.29, 1.82) is 10.5 Å². The van der Waals surface area contributed by atoms with Gasteiger partial charge in [0.25, 0.3) is 0 Å². The van der Waals surface area contributed by atoms with Gasteiger partial charge in [-0.15, -0.1) is 0 Å². The molecule has 5 nitrogen and oxygen atoms in total. The molecule has 0 spiro atoms. The summed E-state index contributed by atoms with van der Waals surface area (Å²) in [7, 11) is 0. The van der Waals surface area contributed by atoms with E-state index in [-0.39, 0.29) is 10.6 Å². The van der Waals surface area contributed by atoms with Crippen LogP contribution >= 0.6 is 11.6 Å². The summed E-state index contributed by atoms with van der Waals surface area (Å²) in [6, 6.07) is 3.15. The molecule has 0 radical (unpaired) electrons. The molecule has 0 fully saturated rings. The molecule has 1 aliphatic carbocycles. The van der Waals surface area contributed by atoms with Crippen molar-refractivity contribution in [1.82, 2.24) is 4.90 Å². The maximum atomic E-state index is 12.1. The normalized spacial score (nSPS) is 15.7. The maximum absolute atomic E-state index is 12.1. The second kappa shape index (κ2) is 6.70. The van der Waals surface area contributed by atoms with Crippen LogP contribution < -0.4 is 0 Å². The van der Waals surface area contributed by atoms with E-state index in [1.807, 2.05) is 18.7 Å². The SMILES string of the molecule is CCN(/C=C/C1=C(Cl)C(=O)C(C#N)=C(C#N)C1=O)CC. The molecule has 0 aromatic carbocycles. The smallest absolute Gasteiger partial charge is 0.217 e. The number of allylic oxidation sites excluding steroid dienone is 5. The van der Waals surface area contributed by atoms with Crippen molar-refractivity contribution < 1.29 is 9.59 Å². The number of Topliss-reactive ketones (excluding diaryl/α,β-unsaturated/α-hetero) is 2. The van der Waals surface area contributed by atoms with E-state index >= 15 is 0 Å². The predicted octanol–water partition coefficient (Wildman–Crippen LogP) is 1.83. The zero-order valence-electron chi connectivity index (χ0n) is 11.1. The van der Waals surface area contributed by atoms with Crippen molar-refractivity contribution in [3.8, 4) is 12.1 Å². The Labute approximate surface area is 122 Å². The highest BCUT2D eigenvalue weighted by molar-refractivity contribution is 6.50. The molecule has 0 aromatic heterocycles. The van der Waals surface area contributed by atoms with E-state index < -0.39 is 22.7 Å². The molecule has 20 heavy (non-hydrogen) atoms. The quantitative estimate of drug-likeness (QED) is 0.737. The van der Waals surface area contributed by atoms with Gasteiger partial charge in [0.2, 0.25) is 11.6 Å². The van der Waals surface area contributed by atoms with Crippen LogP contribution in [0.3, 0.4) is 0 Å². The molecule has 0 unspecified atom stereocenters. The monoisotopic (exact) mass is 289 g/mol. The summed E-state index contributed by atoms with van der Waals surface area (Å²) in [5.74, 6) is -1.48. The van der Waals surface area contributed by atoms with Crippen molar-refractivity contribution >= 4 is 23.2 Å². The first-order valence-electron chi connectivity index (χ1n) is 5.97. The van der Waals surface area contributed by atoms with Crippen molar-refractivity contribution in [2.75, 3.05) is 13.1 Å². The van der Waals surface area contributed by atoms with Crippen LogP contribution in [0.2, 0.25) is 0 Å².